The summed E-state index contributed by atoms with van der Waals surface area (Å²) in [6.07, 6.45) is 10.8. The highest BCUT2D eigenvalue weighted by Crippen LogP contribution is 2.76. The molecule has 0 saturated heterocycles. The molecule has 0 aliphatic heterocycles. The van der Waals surface area contributed by atoms with E-state index in [-0.39, 0.29) is 59.7 Å². The summed E-state index contributed by atoms with van der Waals surface area (Å²) in [5.41, 5.74) is 1.78. The molecule has 6 aliphatic rings. The maximum atomic E-state index is 13.6. The predicted octanol–water partition coefficient (Wildman–Crippen LogP) is 9.08. The Morgan fingerprint density at radius 3 is 2.02 bits per heavy atom. The largest absolute Gasteiger partial charge is 0.366 e. The van der Waals surface area contributed by atoms with Crippen LogP contribution in [0.1, 0.15) is 152 Å². The third-order valence-electron chi connectivity index (χ3n) is 14.9. The van der Waals surface area contributed by atoms with Gasteiger partial charge in [-0.25, -0.2) is 28.1 Å². The summed E-state index contributed by atoms with van der Waals surface area (Å²) in [6, 6.07) is -0.0397. The molecule has 0 spiro atoms. The summed E-state index contributed by atoms with van der Waals surface area (Å²) in [6.45, 7) is 19.4. The molecular weight excluding hydrogens is 628 g/mol. The number of fused-ring (bicyclic) bond motifs is 7. The maximum absolute atomic E-state index is 13.6. The van der Waals surface area contributed by atoms with Gasteiger partial charge in [-0.2, -0.15) is 0 Å². The number of rotatable bonds is 3. The molecule has 5 fully saturated rings. The number of carbonyl (C=O) groups is 4. The van der Waals surface area contributed by atoms with Crippen LogP contribution >= 0.6 is 0 Å². The second kappa shape index (κ2) is 13.0. The highest BCUT2D eigenvalue weighted by Gasteiger charge is 2.70. The second-order valence-electron chi connectivity index (χ2n) is 18.4. The fourth-order valence-corrected chi connectivity index (χ4v) is 12.6. The van der Waals surface area contributed by atoms with Crippen molar-refractivity contribution >= 4 is 23.6 Å². The van der Waals surface area contributed by atoms with Crippen molar-refractivity contribution in [1.29, 1.82) is 0 Å². The molecule has 9 heteroatoms. The molecule has 276 valence electrons. The van der Waals surface area contributed by atoms with Crippen molar-refractivity contribution in [2.45, 2.75) is 164 Å². The molecule has 0 unspecified atom stereocenters. The van der Waals surface area contributed by atoms with E-state index in [9.17, 15) is 28.0 Å². The van der Waals surface area contributed by atoms with Crippen molar-refractivity contribution in [1.82, 2.24) is 5.32 Å². The van der Waals surface area contributed by atoms with Crippen molar-refractivity contribution in [3.8, 4) is 0 Å². The first-order chi connectivity index (χ1) is 22.6. The van der Waals surface area contributed by atoms with Crippen LogP contribution in [0, 0.1) is 50.7 Å². The van der Waals surface area contributed by atoms with Crippen LogP contribution in [0.2, 0.25) is 0 Å². The first kappa shape index (κ1) is 37.9. The Morgan fingerprint density at radius 1 is 0.776 bits per heavy atom. The smallest absolute Gasteiger partial charge is 0.354 e. The van der Waals surface area contributed by atoms with E-state index in [1.54, 1.807) is 0 Å². The molecule has 6 rings (SSSR count). The van der Waals surface area contributed by atoms with Gasteiger partial charge in [0, 0.05) is 39.2 Å². The first-order valence-corrected chi connectivity index (χ1v) is 19.0. The van der Waals surface area contributed by atoms with Gasteiger partial charge in [0.05, 0.1) is 0 Å². The maximum Gasteiger partial charge on any atom is 0.366 e. The number of halogens is 2. The van der Waals surface area contributed by atoms with Gasteiger partial charge in [0.15, 0.2) is 5.78 Å². The fraction of sp³-hybridized carbons (Fsp3) is 0.850. The van der Waals surface area contributed by atoms with Gasteiger partial charge < -0.3 is 5.32 Å². The quantitative estimate of drug-likeness (QED) is 0.235. The SMILES string of the molecule is CC(=O)NC1CCC(F)(F)CC1.CC(=O)OOC(=O)[C@@]12CC[C@]3(C)[C@H](CC[C@@H]4[C@@]5(C)CCCC(C)(C)[C@@H]5CC[C@]43C)C1=C(C(C)C)C(=O)C2. The molecule has 49 heavy (non-hydrogen) atoms. The topological polar surface area (TPSA) is 98.8 Å². The minimum absolute atomic E-state index is 0.0107. The number of hydrogen-bond acceptors (Lipinski definition) is 6. The summed E-state index contributed by atoms with van der Waals surface area (Å²) >= 11 is 0. The lowest BCUT2D eigenvalue weighted by atomic mass is 9.33. The summed E-state index contributed by atoms with van der Waals surface area (Å²) in [5, 5.41) is 2.65. The van der Waals surface area contributed by atoms with Crippen LogP contribution in [0.3, 0.4) is 0 Å². The molecule has 7 nitrogen and oxygen atoms in total. The van der Waals surface area contributed by atoms with Gasteiger partial charge in [-0.05, 0) is 121 Å². The number of ketones is 1. The molecule has 5 saturated carbocycles. The number of hydrogen-bond donors (Lipinski definition) is 1. The molecule has 0 heterocycles. The zero-order valence-electron chi connectivity index (χ0n) is 31.5. The van der Waals surface area contributed by atoms with Crippen LogP contribution in [-0.2, 0) is 29.0 Å². The van der Waals surface area contributed by atoms with Crippen LogP contribution in [0.5, 0.6) is 0 Å². The molecule has 0 bridgehead atoms. The van der Waals surface area contributed by atoms with Gasteiger partial charge in [-0.15, -0.1) is 0 Å². The summed E-state index contributed by atoms with van der Waals surface area (Å²) < 4.78 is 25.2. The van der Waals surface area contributed by atoms with E-state index in [0.717, 1.165) is 36.3 Å². The van der Waals surface area contributed by atoms with E-state index in [4.69, 9.17) is 9.78 Å². The average molecular weight is 690 g/mol. The molecule has 0 aromatic heterocycles. The van der Waals surface area contributed by atoms with E-state index in [0.29, 0.717) is 36.0 Å². The number of Topliss-reactive ketones (excluding diaryl/α,β-unsaturated/α-hetero) is 1. The molecule has 6 aliphatic carbocycles. The van der Waals surface area contributed by atoms with E-state index >= 15 is 0 Å². The zero-order chi connectivity index (χ0) is 36.4. The van der Waals surface area contributed by atoms with E-state index in [1.165, 1.54) is 46.0 Å². The summed E-state index contributed by atoms with van der Waals surface area (Å²) in [5.74, 6) is -2.14. The van der Waals surface area contributed by atoms with Gasteiger partial charge in [-0.3, -0.25) is 9.59 Å². The van der Waals surface area contributed by atoms with Crippen molar-refractivity contribution in [3.05, 3.63) is 11.1 Å². The standard InChI is InChI=1S/C32H48O5.C8H13F2NO/c1-19(2)25-22(34)18-32(27(35)37-36-20(3)33)17-16-30(7)21(26(25)32)10-11-24-29(6)14-9-13-28(4,5)23(29)12-15-31(24,30)8;1-6(12)11-7-2-4-8(9,10)5-3-7/h19,21,23-24H,9-18H2,1-8H3;7H,2-5H2,1H3,(H,11,12)/t21-,23+,24-,29+,30-,31-,32-;/m1./s1. The van der Waals surface area contributed by atoms with Crippen LogP contribution in [0.25, 0.3) is 0 Å². The Labute approximate surface area is 292 Å². The van der Waals surface area contributed by atoms with Crippen molar-refractivity contribution in [2.75, 3.05) is 0 Å². The Morgan fingerprint density at radius 2 is 1.43 bits per heavy atom. The van der Waals surface area contributed by atoms with E-state index in [2.05, 4.69) is 53.8 Å². The highest BCUT2D eigenvalue weighted by atomic mass is 19.3. The number of amides is 1. The third kappa shape index (κ3) is 6.40. The zero-order valence-corrected chi connectivity index (χ0v) is 31.5. The van der Waals surface area contributed by atoms with Gasteiger partial charge in [0.2, 0.25) is 11.8 Å². The van der Waals surface area contributed by atoms with Gasteiger partial charge in [0.1, 0.15) is 5.41 Å². The van der Waals surface area contributed by atoms with Crippen LogP contribution in [-0.4, -0.2) is 35.6 Å². The van der Waals surface area contributed by atoms with Crippen molar-refractivity contribution in [3.63, 3.8) is 0 Å². The van der Waals surface area contributed by atoms with Gasteiger partial charge in [0.25, 0.3) is 0 Å². The highest BCUT2D eigenvalue weighted by molar-refractivity contribution is 6.06. The Balaban J connectivity index is 0.000000330. The monoisotopic (exact) mass is 689 g/mol. The molecule has 0 aromatic rings. The Hall–Kier alpha value is -2.32. The molecule has 0 aromatic carbocycles. The molecule has 1 N–H and O–H groups in total. The molecule has 7 atom stereocenters. The number of allylic oxidation sites excluding steroid dienone is 1. The fourth-order valence-electron chi connectivity index (χ4n) is 12.6. The normalized spacial score (nSPS) is 39.3. The molecular formula is C40H61F2NO6. The van der Waals surface area contributed by atoms with Gasteiger partial charge in [-0.1, -0.05) is 54.9 Å². The lowest BCUT2D eigenvalue weighted by Gasteiger charge is -2.71. The minimum Gasteiger partial charge on any atom is -0.354 e. The number of alkyl halides is 2. The van der Waals surface area contributed by atoms with Crippen molar-refractivity contribution < 1.29 is 37.7 Å². The lowest BCUT2D eigenvalue weighted by molar-refractivity contribution is -0.267. The van der Waals surface area contributed by atoms with E-state index in [1.807, 2.05) is 0 Å². The third-order valence-corrected chi connectivity index (χ3v) is 14.9. The average Bonchev–Trinajstić information content (AvgIpc) is 3.30. The second-order valence-corrected chi connectivity index (χ2v) is 18.4. The Kier molecular flexibility index (Phi) is 10.1. The summed E-state index contributed by atoms with van der Waals surface area (Å²) in [7, 11) is 0. The number of nitrogens with one attached hydrogen (secondary N) is 1. The van der Waals surface area contributed by atoms with Gasteiger partial charge >= 0.3 is 11.9 Å². The predicted molar refractivity (Wildman–Crippen MR) is 183 cm³/mol. The Bertz CT molecular complexity index is 1380. The van der Waals surface area contributed by atoms with Crippen LogP contribution in [0.4, 0.5) is 8.78 Å². The summed E-state index contributed by atoms with van der Waals surface area (Å²) in [4.78, 5) is 58.9. The van der Waals surface area contributed by atoms with Crippen molar-refractivity contribution in [2.24, 2.45) is 50.7 Å². The van der Waals surface area contributed by atoms with Crippen LogP contribution < -0.4 is 5.32 Å². The number of carbonyl (C=O) groups excluding carboxylic acids is 4. The lowest BCUT2D eigenvalue weighted by Crippen LogP contribution is -2.64. The van der Waals surface area contributed by atoms with Crippen LogP contribution in [0.15, 0.2) is 11.1 Å². The molecule has 0 radical (unpaired) electrons. The molecule has 1 amide bonds. The first-order valence-electron chi connectivity index (χ1n) is 19.0. The minimum atomic E-state index is -2.50. The van der Waals surface area contributed by atoms with E-state index < -0.39 is 23.3 Å².